The third-order valence-corrected chi connectivity index (χ3v) is 6.19. The molecule has 4 aromatic rings. The molecule has 0 saturated heterocycles. The van der Waals surface area contributed by atoms with E-state index in [4.69, 9.17) is 0 Å². The first kappa shape index (κ1) is 23.1. The predicted octanol–water partition coefficient (Wildman–Crippen LogP) is 5.66. The molecule has 0 amide bonds. The number of benzene rings is 3. The van der Waals surface area contributed by atoms with Gasteiger partial charge in [0.1, 0.15) is 17.5 Å². The monoisotopic (exact) mass is 481 g/mol. The summed E-state index contributed by atoms with van der Waals surface area (Å²) in [4.78, 5) is 7.80. The van der Waals surface area contributed by atoms with Gasteiger partial charge in [0.2, 0.25) is 5.95 Å². The maximum atomic E-state index is 13.9. The van der Waals surface area contributed by atoms with Crippen LogP contribution in [0.25, 0.3) is 0 Å². The van der Waals surface area contributed by atoms with E-state index in [2.05, 4.69) is 25.3 Å². The molecule has 0 unspecified atom stereocenters. The molecule has 0 fully saturated rings. The van der Waals surface area contributed by atoms with E-state index >= 15 is 0 Å². The number of aryl methyl sites for hydroxylation is 2. The molecule has 174 valence electrons. The van der Waals surface area contributed by atoms with Crippen molar-refractivity contribution in [2.45, 2.75) is 18.7 Å². The number of hydrogen-bond acceptors (Lipinski definition) is 6. The lowest BCUT2D eigenvalue weighted by Crippen LogP contribution is -2.16. The molecular weight excluding hydrogens is 460 g/mol. The number of sulfonamides is 1. The minimum atomic E-state index is -4.44. The van der Waals surface area contributed by atoms with E-state index in [-0.39, 0.29) is 5.69 Å². The number of nitrogens with one attached hydrogen (secondary N) is 3. The van der Waals surface area contributed by atoms with Gasteiger partial charge < -0.3 is 10.6 Å². The third kappa shape index (κ3) is 5.46. The molecular formula is C24H21F2N5O2S. The Morgan fingerprint density at radius 1 is 0.735 bits per heavy atom. The first-order valence-corrected chi connectivity index (χ1v) is 11.7. The fourth-order valence-corrected chi connectivity index (χ4v) is 4.37. The maximum Gasteiger partial charge on any atom is 0.267 e. The van der Waals surface area contributed by atoms with E-state index in [1.54, 1.807) is 12.1 Å². The Labute approximate surface area is 196 Å². The standard InChI is InChI=1S/C24H21F2N5O2S/c1-15-6-8-17(9-7-15)28-22-14-16(2)27-24(30-22)29-18-10-12-19(13-11-18)31-34(32,33)23-20(25)4-3-5-21(23)26/h3-14,31H,1-2H3,(H2,27,28,29,30). The van der Waals surface area contributed by atoms with Gasteiger partial charge in [0, 0.05) is 28.8 Å². The number of nitrogens with zero attached hydrogens (tertiary/aromatic N) is 2. The van der Waals surface area contributed by atoms with Crippen molar-refractivity contribution in [3.05, 3.63) is 95.7 Å². The van der Waals surface area contributed by atoms with Crippen LogP contribution in [0.2, 0.25) is 0 Å². The quantitative estimate of drug-likeness (QED) is 0.315. The van der Waals surface area contributed by atoms with Gasteiger partial charge in [-0.25, -0.2) is 22.2 Å². The molecule has 0 bridgehead atoms. The lowest BCUT2D eigenvalue weighted by Gasteiger charge is -2.12. The highest BCUT2D eigenvalue weighted by molar-refractivity contribution is 7.92. The molecule has 0 aliphatic rings. The maximum absolute atomic E-state index is 13.9. The molecule has 0 atom stereocenters. The van der Waals surface area contributed by atoms with Crippen molar-refractivity contribution in [2.24, 2.45) is 0 Å². The number of aromatic nitrogens is 2. The van der Waals surface area contributed by atoms with Crippen LogP contribution in [-0.4, -0.2) is 18.4 Å². The molecule has 34 heavy (non-hydrogen) atoms. The first-order chi connectivity index (χ1) is 16.2. The van der Waals surface area contributed by atoms with Crippen molar-refractivity contribution in [2.75, 3.05) is 15.4 Å². The second-order valence-corrected chi connectivity index (χ2v) is 9.19. The second-order valence-electron chi connectivity index (χ2n) is 7.57. The van der Waals surface area contributed by atoms with Gasteiger partial charge in [0.15, 0.2) is 4.90 Å². The summed E-state index contributed by atoms with van der Waals surface area (Å²) in [6, 6.07) is 18.7. The van der Waals surface area contributed by atoms with E-state index in [9.17, 15) is 17.2 Å². The highest BCUT2D eigenvalue weighted by atomic mass is 32.2. The summed E-state index contributed by atoms with van der Waals surface area (Å²) in [6.07, 6.45) is 0. The lowest BCUT2D eigenvalue weighted by molar-refractivity contribution is 0.521. The van der Waals surface area contributed by atoms with E-state index in [0.717, 1.165) is 35.1 Å². The van der Waals surface area contributed by atoms with Gasteiger partial charge in [-0.05, 0) is 62.4 Å². The van der Waals surface area contributed by atoms with E-state index in [0.29, 0.717) is 17.5 Å². The van der Waals surface area contributed by atoms with Gasteiger partial charge in [0.05, 0.1) is 0 Å². The first-order valence-electron chi connectivity index (χ1n) is 10.2. The zero-order valence-corrected chi connectivity index (χ0v) is 19.1. The topological polar surface area (TPSA) is 96.0 Å². The number of rotatable bonds is 7. The molecule has 0 aliphatic heterocycles. The lowest BCUT2D eigenvalue weighted by atomic mass is 10.2. The van der Waals surface area contributed by atoms with E-state index in [1.165, 1.54) is 12.1 Å². The molecule has 3 aromatic carbocycles. The fourth-order valence-electron chi connectivity index (χ4n) is 3.17. The summed E-state index contributed by atoms with van der Waals surface area (Å²) in [7, 11) is -4.44. The van der Waals surface area contributed by atoms with Crippen LogP contribution in [0.4, 0.5) is 37.6 Å². The zero-order valence-electron chi connectivity index (χ0n) is 18.3. The molecule has 1 heterocycles. The summed E-state index contributed by atoms with van der Waals surface area (Å²) in [5, 5.41) is 6.29. The molecule has 0 aliphatic carbocycles. The average Bonchev–Trinajstić information content (AvgIpc) is 2.76. The van der Waals surface area contributed by atoms with Gasteiger partial charge in [-0.1, -0.05) is 23.8 Å². The minimum Gasteiger partial charge on any atom is -0.340 e. The average molecular weight is 482 g/mol. The van der Waals surface area contributed by atoms with Gasteiger partial charge >= 0.3 is 0 Å². The van der Waals surface area contributed by atoms with Crippen molar-refractivity contribution in [1.82, 2.24) is 9.97 Å². The van der Waals surface area contributed by atoms with Crippen LogP contribution in [0.5, 0.6) is 0 Å². The highest BCUT2D eigenvalue weighted by Crippen LogP contribution is 2.24. The van der Waals surface area contributed by atoms with Gasteiger partial charge in [0.25, 0.3) is 10.0 Å². The fraction of sp³-hybridized carbons (Fsp3) is 0.0833. The normalized spacial score (nSPS) is 11.2. The van der Waals surface area contributed by atoms with Crippen LogP contribution >= 0.6 is 0 Å². The number of halogens is 2. The molecule has 3 N–H and O–H groups in total. The van der Waals surface area contributed by atoms with Gasteiger partial charge in [-0.15, -0.1) is 0 Å². The zero-order chi connectivity index (χ0) is 24.3. The summed E-state index contributed by atoms with van der Waals surface area (Å²) >= 11 is 0. The van der Waals surface area contributed by atoms with Crippen molar-refractivity contribution in [1.29, 1.82) is 0 Å². The largest absolute Gasteiger partial charge is 0.340 e. The van der Waals surface area contributed by atoms with Crippen molar-refractivity contribution >= 4 is 38.9 Å². The Balaban J connectivity index is 1.48. The molecule has 7 nitrogen and oxygen atoms in total. The third-order valence-electron chi connectivity index (χ3n) is 4.76. The SMILES string of the molecule is Cc1ccc(Nc2cc(C)nc(Nc3ccc(NS(=O)(=O)c4c(F)cccc4F)cc3)n2)cc1. The van der Waals surface area contributed by atoms with E-state index in [1.807, 2.05) is 44.2 Å². The highest BCUT2D eigenvalue weighted by Gasteiger charge is 2.23. The van der Waals surface area contributed by atoms with Crippen molar-refractivity contribution in [3.63, 3.8) is 0 Å². The summed E-state index contributed by atoms with van der Waals surface area (Å²) in [5.41, 5.74) is 3.50. The molecule has 0 saturated carbocycles. The van der Waals surface area contributed by atoms with Crippen LogP contribution in [0.1, 0.15) is 11.3 Å². The van der Waals surface area contributed by atoms with Crippen LogP contribution in [-0.2, 0) is 10.0 Å². The van der Waals surface area contributed by atoms with E-state index < -0.39 is 26.6 Å². The molecule has 4 rings (SSSR count). The molecule has 1 aromatic heterocycles. The van der Waals surface area contributed by atoms with Crippen LogP contribution < -0.4 is 15.4 Å². The van der Waals surface area contributed by atoms with Crippen molar-refractivity contribution in [3.8, 4) is 0 Å². The smallest absolute Gasteiger partial charge is 0.267 e. The van der Waals surface area contributed by atoms with Crippen LogP contribution in [0, 0.1) is 25.5 Å². The van der Waals surface area contributed by atoms with Crippen LogP contribution in [0.15, 0.2) is 77.7 Å². The Kier molecular flexibility index (Phi) is 6.42. The Hall–Kier alpha value is -4.05. The summed E-state index contributed by atoms with van der Waals surface area (Å²) < 4.78 is 54.8. The van der Waals surface area contributed by atoms with Gasteiger partial charge in [-0.3, -0.25) is 4.72 Å². The Morgan fingerprint density at radius 3 is 1.94 bits per heavy atom. The Bertz CT molecular complexity index is 1410. The summed E-state index contributed by atoms with van der Waals surface area (Å²) in [5.74, 6) is -1.39. The molecule has 0 spiro atoms. The van der Waals surface area contributed by atoms with Crippen LogP contribution in [0.3, 0.4) is 0 Å². The molecule has 0 radical (unpaired) electrons. The minimum absolute atomic E-state index is 0.139. The van der Waals surface area contributed by atoms with Crippen molar-refractivity contribution < 1.29 is 17.2 Å². The predicted molar refractivity (Wildman–Crippen MR) is 128 cm³/mol. The number of anilines is 5. The van der Waals surface area contributed by atoms with Gasteiger partial charge in [-0.2, -0.15) is 4.98 Å². The molecule has 10 heteroatoms. The second kappa shape index (κ2) is 9.44. The number of hydrogen-bond donors (Lipinski definition) is 3. The summed E-state index contributed by atoms with van der Waals surface area (Å²) in [6.45, 7) is 3.85. The Morgan fingerprint density at radius 2 is 1.29 bits per heavy atom.